The van der Waals surface area contributed by atoms with E-state index in [0.29, 0.717) is 20.0 Å². The molecule has 0 aliphatic heterocycles. The Hall–Kier alpha value is -1.27. The molecule has 2 nitrogen and oxygen atoms in total. The summed E-state index contributed by atoms with van der Waals surface area (Å²) in [6.07, 6.45) is 0. The summed E-state index contributed by atoms with van der Waals surface area (Å²) in [7, 11) is -3.49. The van der Waals surface area contributed by atoms with Gasteiger partial charge in [0.25, 0.3) is 0 Å². The second-order valence-corrected chi connectivity index (χ2v) is 9.98. The van der Waals surface area contributed by atoms with Gasteiger partial charge in [-0.05, 0) is 57.4 Å². The first kappa shape index (κ1) is 19.5. The van der Waals surface area contributed by atoms with Crippen molar-refractivity contribution in [2.24, 2.45) is 0 Å². The summed E-state index contributed by atoms with van der Waals surface area (Å²) in [6.45, 7) is 0. The van der Waals surface area contributed by atoms with Gasteiger partial charge in [0, 0.05) is 20.1 Å². The van der Waals surface area contributed by atoms with E-state index in [1.165, 1.54) is 5.56 Å². The molecule has 0 unspecified atom stereocenters. The van der Waals surface area contributed by atoms with Crippen LogP contribution in [0.5, 0.6) is 0 Å². The highest BCUT2D eigenvalue weighted by Crippen LogP contribution is 2.32. The molecule has 0 bridgehead atoms. The molecule has 0 aliphatic rings. The van der Waals surface area contributed by atoms with Crippen LogP contribution >= 0.6 is 39.3 Å². The first-order valence-corrected chi connectivity index (χ1v) is 11.7. The Morgan fingerprint density at radius 3 is 2.35 bits per heavy atom. The van der Waals surface area contributed by atoms with E-state index in [9.17, 15) is 8.42 Å². The van der Waals surface area contributed by atoms with Gasteiger partial charge < -0.3 is 0 Å². The van der Waals surface area contributed by atoms with Gasteiger partial charge in [0.1, 0.15) is 0 Å². The molecule has 6 heteroatoms. The van der Waals surface area contributed by atoms with Crippen LogP contribution in [0.1, 0.15) is 11.1 Å². The van der Waals surface area contributed by atoms with Gasteiger partial charge in [-0.2, -0.15) is 0 Å². The maximum Gasteiger partial charge on any atom is 0.183 e. The molecule has 0 heterocycles. The first-order chi connectivity index (χ1) is 12.5. The zero-order valence-corrected chi connectivity index (χ0v) is 17.7. The molecule has 0 radical (unpaired) electrons. The van der Waals surface area contributed by atoms with Crippen molar-refractivity contribution in [3.63, 3.8) is 0 Å². The van der Waals surface area contributed by atoms with Crippen LogP contribution in [-0.2, 0) is 21.3 Å². The first-order valence-electron chi connectivity index (χ1n) is 7.88. The second kappa shape index (κ2) is 8.61. The van der Waals surface area contributed by atoms with E-state index in [0.717, 1.165) is 10.6 Å². The summed E-state index contributed by atoms with van der Waals surface area (Å²) in [5.41, 5.74) is 1.90. The van der Waals surface area contributed by atoms with Crippen molar-refractivity contribution in [3.8, 4) is 0 Å². The monoisotopic (exact) mass is 466 g/mol. The van der Waals surface area contributed by atoms with E-state index in [1.54, 1.807) is 48.2 Å². The van der Waals surface area contributed by atoms with Gasteiger partial charge in [-0.3, -0.25) is 0 Å². The van der Waals surface area contributed by atoms with E-state index in [-0.39, 0.29) is 5.75 Å². The van der Waals surface area contributed by atoms with E-state index in [2.05, 4.69) is 28.1 Å². The lowest BCUT2D eigenvalue weighted by atomic mass is 10.2. The molecule has 0 fully saturated rings. The molecule has 26 heavy (non-hydrogen) atoms. The molecule has 0 aromatic heterocycles. The summed E-state index contributed by atoms with van der Waals surface area (Å²) in [4.78, 5) is 1.22. The fourth-order valence-corrected chi connectivity index (χ4v) is 6.28. The van der Waals surface area contributed by atoms with Crippen LogP contribution in [-0.4, -0.2) is 8.42 Å². The van der Waals surface area contributed by atoms with Gasteiger partial charge in [0.2, 0.25) is 0 Å². The molecule has 0 amide bonds. The van der Waals surface area contributed by atoms with Crippen LogP contribution in [0.3, 0.4) is 0 Å². The predicted molar refractivity (Wildman–Crippen MR) is 112 cm³/mol. The maximum absolute atomic E-state index is 12.9. The SMILES string of the molecule is O=S(=O)(Cc1cc(Cl)ccc1SCc1ccccc1)c1ccccc1Br. The third-order valence-electron chi connectivity index (χ3n) is 3.78. The minimum atomic E-state index is -3.49. The maximum atomic E-state index is 12.9. The highest BCUT2D eigenvalue weighted by atomic mass is 79.9. The fourth-order valence-electron chi connectivity index (χ4n) is 2.52. The van der Waals surface area contributed by atoms with Crippen LogP contribution in [0.25, 0.3) is 0 Å². The molecule has 0 saturated heterocycles. The molecule has 0 atom stereocenters. The molecule has 3 aromatic carbocycles. The van der Waals surface area contributed by atoms with Crippen LogP contribution in [0.2, 0.25) is 5.02 Å². The molecular formula is C20H16BrClO2S2. The van der Waals surface area contributed by atoms with Crippen molar-refractivity contribution in [1.82, 2.24) is 0 Å². The molecule has 3 rings (SSSR count). The quantitative estimate of drug-likeness (QED) is 0.395. The lowest BCUT2D eigenvalue weighted by Crippen LogP contribution is -2.06. The lowest BCUT2D eigenvalue weighted by molar-refractivity contribution is 0.594. The lowest BCUT2D eigenvalue weighted by Gasteiger charge is -2.12. The Kier molecular flexibility index (Phi) is 6.46. The number of rotatable bonds is 6. The Morgan fingerprint density at radius 2 is 1.62 bits per heavy atom. The van der Waals surface area contributed by atoms with Gasteiger partial charge in [0.05, 0.1) is 10.6 Å². The van der Waals surface area contributed by atoms with E-state index >= 15 is 0 Å². The topological polar surface area (TPSA) is 34.1 Å². The van der Waals surface area contributed by atoms with Crippen LogP contribution in [0, 0.1) is 0 Å². The van der Waals surface area contributed by atoms with E-state index < -0.39 is 9.84 Å². The molecule has 3 aromatic rings. The Balaban J connectivity index is 1.87. The van der Waals surface area contributed by atoms with Crippen molar-refractivity contribution >= 4 is 49.1 Å². The Morgan fingerprint density at radius 1 is 0.923 bits per heavy atom. The zero-order valence-electron chi connectivity index (χ0n) is 13.7. The third kappa shape index (κ3) is 4.92. The summed E-state index contributed by atoms with van der Waals surface area (Å²) < 4.78 is 26.3. The minimum Gasteiger partial charge on any atom is -0.223 e. The molecule has 134 valence electrons. The normalized spacial score (nSPS) is 11.5. The number of thioether (sulfide) groups is 1. The van der Waals surface area contributed by atoms with Crippen LogP contribution < -0.4 is 0 Å². The van der Waals surface area contributed by atoms with Gasteiger partial charge in [0.15, 0.2) is 9.84 Å². The van der Waals surface area contributed by atoms with E-state index in [4.69, 9.17) is 11.6 Å². The minimum absolute atomic E-state index is 0.0900. The largest absolute Gasteiger partial charge is 0.223 e. The van der Waals surface area contributed by atoms with Gasteiger partial charge >= 0.3 is 0 Å². The summed E-state index contributed by atoms with van der Waals surface area (Å²) >= 11 is 11.1. The van der Waals surface area contributed by atoms with E-state index in [1.807, 2.05) is 24.3 Å². The highest BCUT2D eigenvalue weighted by Gasteiger charge is 2.20. The summed E-state index contributed by atoms with van der Waals surface area (Å²) in [5, 5.41) is 0.534. The number of hydrogen-bond acceptors (Lipinski definition) is 3. The van der Waals surface area contributed by atoms with Crippen molar-refractivity contribution < 1.29 is 8.42 Å². The van der Waals surface area contributed by atoms with Gasteiger partial charge in [-0.25, -0.2) is 8.42 Å². The zero-order chi connectivity index (χ0) is 18.6. The Labute approximate surface area is 171 Å². The second-order valence-electron chi connectivity index (χ2n) is 5.72. The highest BCUT2D eigenvalue weighted by molar-refractivity contribution is 9.10. The predicted octanol–water partition coefficient (Wildman–Crippen LogP) is 6.37. The third-order valence-corrected chi connectivity index (χ3v) is 7.87. The number of hydrogen-bond donors (Lipinski definition) is 0. The molecule has 0 N–H and O–H groups in total. The average Bonchev–Trinajstić information content (AvgIpc) is 2.62. The van der Waals surface area contributed by atoms with Crippen LogP contribution in [0.15, 0.2) is 87.1 Å². The fraction of sp³-hybridized carbons (Fsp3) is 0.100. The van der Waals surface area contributed by atoms with Crippen LogP contribution in [0.4, 0.5) is 0 Å². The number of halogens is 2. The van der Waals surface area contributed by atoms with Crippen molar-refractivity contribution in [2.45, 2.75) is 21.3 Å². The van der Waals surface area contributed by atoms with Gasteiger partial charge in [-0.1, -0.05) is 54.1 Å². The van der Waals surface area contributed by atoms with Crippen molar-refractivity contribution in [1.29, 1.82) is 0 Å². The smallest absolute Gasteiger partial charge is 0.183 e. The Bertz CT molecular complexity index is 1010. The standard InChI is InChI=1S/C20H16BrClO2S2/c21-18-8-4-5-9-20(18)26(23,24)14-16-12-17(22)10-11-19(16)25-13-15-6-2-1-3-7-15/h1-12H,13-14H2. The molecular weight excluding hydrogens is 452 g/mol. The molecule has 0 spiro atoms. The van der Waals surface area contributed by atoms with Crippen molar-refractivity contribution in [3.05, 3.63) is 93.4 Å². The van der Waals surface area contributed by atoms with Gasteiger partial charge in [-0.15, -0.1) is 11.8 Å². The number of benzene rings is 3. The average molecular weight is 468 g/mol. The van der Waals surface area contributed by atoms with Crippen molar-refractivity contribution in [2.75, 3.05) is 0 Å². The number of sulfone groups is 1. The molecule has 0 aliphatic carbocycles. The molecule has 0 saturated carbocycles. The summed E-state index contributed by atoms with van der Waals surface area (Å²) in [5.74, 6) is 0.678. The summed E-state index contributed by atoms with van der Waals surface area (Å²) in [6, 6.07) is 22.4.